The van der Waals surface area contributed by atoms with E-state index in [0.29, 0.717) is 12.0 Å². The molecule has 114 valence electrons. The Kier molecular flexibility index (Phi) is 4.13. The van der Waals surface area contributed by atoms with Gasteiger partial charge in [-0.3, -0.25) is 4.79 Å². The van der Waals surface area contributed by atoms with Crippen LogP contribution in [0.15, 0.2) is 36.7 Å². The zero-order chi connectivity index (χ0) is 15.5. The summed E-state index contributed by atoms with van der Waals surface area (Å²) in [6.45, 7) is 2.83. The van der Waals surface area contributed by atoms with Gasteiger partial charge in [0.15, 0.2) is 5.78 Å². The third-order valence-corrected chi connectivity index (χ3v) is 4.05. The van der Waals surface area contributed by atoms with Crippen molar-refractivity contribution in [2.24, 2.45) is 0 Å². The van der Waals surface area contributed by atoms with Crippen LogP contribution in [-0.2, 0) is 0 Å². The van der Waals surface area contributed by atoms with Gasteiger partial charge in [0, 0.05) is 36.3 Å². The zero-order valence-electron chi connectivity index (χ0n) is 12.5. The molecule has 1 aromatic heterocycles. The number of aromatic nitrogens is 2. The second kappa shape index (κ2) is 6.22. The van der Waals surface area contributed by atoms with E-state index in [0.717, 1.165) is 30.9 Å². The maximum absolute atomic E-state index is 12.9. The first-order valence-electron chi connectivity index (χ1n) is 7.47. The largest absolute Gasteiger partial charge is 0.353 e. The van der Waals surface area contributed by atoms with E-state index in [1.165, 1.54) is 12.1 Å². The number of hydrogen-bond acceptors (Lipinski definition) is 4. The van der Waals surface area contributed by atoms with Crippen LogP contribution in [0.3, 0.4) is 0 Å². The van der Waals surface area contributed by atoms with Crippen molar-refractivity contribution < 1.29 is 9.18 Å². The monoisotopic (exact) mass is 299 g/mol. The molecule has 0 spiro atoms. The fourth-order valence-electron chi connectivity index (χ4n) is 2.91. The normalized spacial score (nSPS) is 17.7. The molecule has 4 nitrogen and oxygen atoms in total. The lowest BCUT2D eigenvalue weighted by Crippen LogP contribution is -2.32. The molecule has 0 unspecified atom stereocenters. The highest BCUT2D eigenvalue weighted by atomic mass is 19.1. The van der Waals surface area contributed by atoms with Crippen LogP contribution in [0.5, 0.6) is 0 Å². The van der Waals surface area contributed by atoms with Crippen LogP contribution in [0.2, 0.25) is 0 Å². The van der Waals surface area contributed by atoms with E-state index in [4.69, 9.17) is 0 Å². The predicted octanol–water partition coefficient (Wildman–Crippen LogP) is 3.17. The molecule has 1 aromatic carbocycles. The highest BCUT2D eigenvalue weighted by Crippen LogP contribution is 2.26. The first kappa shape index (κ1) is 14.6. The van der Waals surface area contributed by atoms with Crippen LogP contribution < -0.4 is 4.90 Å². The summed E-state index contributed by atoms with van der Waals surface area (Å²) in [7, 11) is 0. The van der Waals surface area contributed by atoms with Crippen LogP contribution in [-0.4, -0.2) is 28.3 Å². The molecule has 22 heavy (non-hydrogen) atoms. The molecule has 0 aliphatic carbocycles. The van der Waals surface area contributed by atoms with Gasteiger partial charge in [-0.15, -0.1) is 0 Å². The number of anilines is 1. The smallest absolute Gasteiger partial charge is 0.164 e. The first-order valence-corrected chi connectivity index (χ1v) is 7.47. The van der Waals surface area contributed by atoms with Crippen molar-refractivity contribution in [1.82, 2.24) is 9.97 Å². The molecule has 0 saturated carbocycles. The molecule has 1 fully saturated rings. The number of hydrogen-bond donors (Lipinski definition) is 0. The quantitative estimate of drug-likeness (QED) is 0.814. The van der Waals surface area contributed by atoms with Crippen molar-refractivity contribution in [3.63, 3.8) is 0 Å². The minimum atomic E-state index is -0.324. The Morgan fingerprint density at radius 2 is 2.09 bits per heavy atom. The molecule has 0 bridgehead atoms. The van der Waals surface area contributed by atoms with Crippen LogP contribution in [0, 0.1) is 12.7 Å². The third-order valence-electron chi connectivity index (χ3n) is 4.05. The van der Waals surface area contributed by atoms with E-state index in [-0.39, 0.29) is 17.6 Å². The Bertz CT molecular complexity index is 672. The van der Waals surface area contributed by atoms with Gasteiger partial charge >= 0.3 is 0 Å². The molecule has 1 aliphatic heterocycles. The van der Waals surface area contributed by atoms with Gasteiger partial charge in [0.2, 0.25) is 0 Å². The molecule has 0 amide bonds. The number of rotatable bonds is 4. The SMILES string of the molecule is Cc1cc(N2CCC[C@H]2CC(=O)c2ccc(F)cc2)ncn1. The lowest BCUT2D eigenvalue weighted by Gasteiger charge is -2.25. The summed E-state index contributed by atoms with van der Waals surface area (Å²) < 4.78 is 12.9. The highest BCUT2D eigenvalue weighted by Gasteiger charge is 2.28. The number of halogens is 1. The minimum Gasteiger partial charge on any atom is -0.353 e. The molecule has 2 heterocycles. The summed E-state index contributed by atoms with van der Waals surface area (Å²) in [5.41, 5.74) is 1.48. The van der Waals surface area contributed by atoms with Crippen molar-refractivity contribution in [3.05, 3.63) is 53.7 Å². The molecule has 5 heteroatoms. The topological polar surface area (TPSA) is 46.1 Å². The molecular weight excluding hydrogens is 281 g/mol. The lowest BCUT2D eigenvalue weighted by molar-refractivity contribution is 0.0974. The molecule has 1 aliphatic rings. The minimum absolute atomic E-state index is 0.0441. The van der Waals surface area contributed by atoms with Crippen LogP contribution in [0.4, 0.5) is 10.2 Å². The summed E-state index contributed by atoms with van der Waals surface area (Å²) in [4.78, 5) is 23.0. The number of carbonyl (C=O) groups excluding carboxylic acids is 1. The van der Waals surface area contributed by atoms with Crippen molar-refractivity contribution in [1.29, 1.82) is 0 Å². The Hall–Kier alpha value is -2.30. The number of Topliss-reactive ketones (excluding diaryl/α,β-unsaturated/α-hetero) is 1. The van der Waals surface area contributed by atoms with Gasteiger partial charge in [0.25, 0.3) is 0 Å². The average molecular weight is 299 g/mol. The van der Waals surface area contributed by atoms with E-state index < -0.39 is 0 Å². The van der Waals surface area contributed by atoms with Crippen molar-refractivity contribution in [2.45, 2.75) is 32.2 Å². The summed E-state index contributed by atoms with van der Waals surface area (Å²) in [5, 5.41) is 0. The molecule has 1 atom stereocenters. The van der Waals surface area contributed by atoms with Crippen molar-refractivity contribution in [2.75, 3.05) is 11.4 Å². The highest BCUT2D eigenvalue weighted by molar-refractivity contribution is 5.96. The third kappa shape index (κ3) is 3.13. The molecule has 1 saturated heterocycles. The number of ketones is 1. The predicted molar refractivity (Wildman–Crippen MR) is 82.5 cm³/mol. The Labute approximate surface area is 129 Å². The summed E-state index contributed by atoms with van der Waals surface area (Å²) in [5.74, 6) is 0.597. The number of nitrogens with zero attached hydrogens (tertiary/aromatic N) is 3. The van der Waals surface area contributed by atoms with Gasteiger partial charge < -0.3 is 4.90 Å². The summed E-state index contributed by atoms with van der Waals surface area (Å²) >= 11 is 0. The zero-order valence-corrected chi connectivity index (χ0v) is 12.5. The van der Waals surface area contributed by atoms with Gasteiger partial charge in [-0.1, -0.05) is 0 Å². The molecule has 2 aromatic rings. The fraction of sp³-hybridized carbons (Fsp3) is 0.353. The van der Waals surface area contributed by atoms with E-state index in [1.807, 2.05) is 13.0 Å². The summed E-state index contributed by atoms with van der Waals surface area (Å²) in [6, 6.07) is 7.84. The maximum Gasteiger partial charge on any atom is 0.164 e. The second-order valence-corrected chi connectivity index (χ2v) is 5.64. The second-order valence-electron chi connectivity index (χ2n) is 5.64. The van der Waals surface area contributed by atoms with E-state index >= 15 is 0 Å². The first-order chi connectivity index (χ1) is 10.6. The summed E-state index contributed by atoms with van der Waals surface area (Å²) in [6.07, 6.45) is 4.00. The van der Waals surface area contributed by atoms with Gasteiger partial charge in [-0.25, -0.2) is 14.4 Å². The Balaban J connectivity index is 1.73. The Morgan fingerprint density at radius 3 is 2.82 bits per heavy atom. The lowest BCUT2D eigenvalue weighted by atomic mass is 10.0. The number of benzene rings is 1. The van der Waals surface area contributed by atoms with Crippen LogP contribution in [0.1, 0.15) is 35.3 Å². The maximum atomic E-state index is 12.9. The standard InChI is InChI=1S/C17H18FN3O/c1-12-9-17(20-11-19-12)21-8-2-3-15(21)10-16(22)13-4-6-14(18)7-5-13/h4-7,9,11,15H,2-3,8,10H2,1H3/t15-/m0/s1. The molecule has 0 radical (unpaired) electrons. The van der Waals surface area contributed by atoms with Gasteiger partial charge in [-0.05, 0) is 44.0 Å². The van der Waals surface area contributed by atoms with E-state index in [9.17, 15) is 9.18 Å². The average Bonchev–Trinajstić information content (AvgIpc) is 2.96. The number of aryl methyl sites for hydroxylation is 1. The fourth-order valence-corrected chi connectivity index (χ4v) is 2.91. The Morgan fingerprint density at radius 1 is 1.32 bits per heavy atom. The molecular formula is C17H18FN3O. The van der Waals surface area contributed by atoms with Crippen molar-refractivity contribution >= 4 is 11.6 Å². The van der Waals surface area contributed by atoms with E-state index in [1.54, 1.807) is 18.5 Å². The molecule has 3 rings (SSSR count). The van der Waals surface area contributed by atoms with Crippen molar-refractivity contribution in [3.8, 4) is 0 Å². The van der Waals surface area contributed by atoms with Gasteiger partial charge in [-0.2, -0.15) is 0 Å². The van der Waals surface area contributed by atoms with Crippen LogP contribution >= 0.6 is 0 Å². The van der Waals surface area contributed by atoms with Gasteiger partial charge in [0.1, 0.15) is 18.0 Å². The number of carbonyl (C=O) groups is 1. The van der Waals surface area contributed by atoms with E-state index in [2.05, 4.69) is 14.9 Å². The van der Waals surface area contributed by atoms with Crippen LogP contribution in [0.25, 0.3) is 0 Å². The van der Waals surface area contributed by atoms with Gasteiger partial charge in [0.05, 0.1) is 0 Å². The molecule has 0 N–H and O–H groups in total.